The quantitative estimate of drug-likeness (QED) is 0.602. The number of esters is 2. The van der Waals surface area contributed by atoms with Crippen LogP contribution in [0.5, 0.6) is 0 Å². The Morgan fingerprint density at radius 2 is 1.79 bits per heavy atom. The summed E-state index contributed by atoms with van der Waals surface area (Å²) in [6.45, 7) is 3.76. The van der Waals surface area contributed by atoms with Crippen molar-refractivity contribution in [2.75, 3.05) is 13.2 Å². The van der Waals surface area contributed by atoms with Crippen LogP contribution >= 0.6 is 0 Å². The lowest BCUT2D eigenvalue weighted by Gasteiger charge is -2.36. The molecule has 1 N–H and O–H groups in total. The molecule has 3 atom stereocenters. The minimum Gasteiger partial charge on any atom is -0.465 e. The van der Waals surface area contributed by atoms with Crippen LogP contribution in [0.3, 0.4) is 0 Å². The normalized spacial score (nSPS) is 32.6. The molecule has 0 saturated heterocycles. The molecule has 2 aliphatic rings. The second-order valence-corrected chi connectivity index (χ2v) is 5.51. The van der Waals surface area contributed by atoms with E-state index in [1.54, 1.807) is 13.8 Å². The lowest BCUT2D eigenvalue weighted by molar-refractivity contribution is -0.179. The average Bonchev–Trinajstić information content (AvgIpc) is 2.89. The SMILES string of the molecule is CCOC(=O)C(C(=O)OCC)C1(O)CC2CCC1C2. The number of hydrogen-bond acceptors (Lipinski definition) is 5. The molecule has 0 radical (unpaired) electrons. The monoisotopic (exact) mass is 270 g/mol. The fourth-order valence-electron chi connectivity index (χ4n) is 3.65. The van der Waals surface area contributed by atoms with Gasteiger partial charge in [-0.25, -0.2) is 0 Å². The van der Waals surface area contributed by atoms with Gasteiger partial charge >= 0.3 is 11.9 Å². The van der Waals surface area contributed by atoms with Crippen LogP contribution in [0.2, 0.25) is 0 Å². The van der Waals surface area contributed by atoms with Crippen molar-refractivity contribution in [2.24, 2.45) is 17.8 Å². The summed E-state index contributed by atoms with van der Waals surface area (Å²) in [5, 5.41) is 10.8. The molecule has 5 nitrogen and oxygen atoms in total. The molecule has 0 aliphatic heterocycles. The van der Waals surface area contributed by atoms with Crippen molar-refractivity contribution in [3.63, 3.8) is 0 Å². The third-order valence-corrected chi connectivity index (χ3v) is 4.41. The van der Waals surface area contributed by atoms with Gasteiger partial charge in [0.25, 0.3) is 0 Å². The van der Waals surface area contributed by atoms with Crippen LogP contribution in [0.4, 0.5) is 0 Å². The van der Waals surface area contributed by atoms with Crippen molar-refractivity contribution in [1.82, 2.24) is 0 Å². The van der Waals surface area contributed by atoms with Crippen molar-refractivity contribution in [2.45, 2.75) is 45.1 Å². The first-order chi connectivity index (χ1) is 9.02. The van der Waals surface area contributed by atoms with E-state index < -0.39 is 23.5 Å². The third-order valence-electron chi connectivity index (χ3n) is 4.41. The van der Waals surface area contributed by atoms with Crippen LogP contribution in [0.25, 0.3) is 0 Å². The number of carbonyl (C=O) groups excluding carboxylic acids is 2. The highest BCUT2D eigenvalue weighted by Crippen LogP contribution is 2.54. The van der Waals surface area contributed by atoms with E-state index in [0.29, 0.717) is 12.3 Å². The largest absolute Gasteiger partial charge is 0.465 e. The van der Waals surface area contributed by atoms with Crippen LogP contribution in [0, 0.1) is 17.8 Å². The molecule has 0 aromatic heterocycles. The van der Waals surface area contributed by atoms with E-state index in [2.05, 4.69) is 0 Å². The smallest absolute Gasteiger partial charge is 0.323 e. The Bertz CT molecular complexity index is 349. The molecule has 108 valence electrons. The van der Waals surface area contributed by atoms with E-state index in [0.717, 1.165) is 19.3 Å². The zero-order valence-electron chi connectivity index (χ0n) is 11.6. The minimum atomic E-state index is -1.28. The van der Waals surface area contributed by atoms with Crippen LogP contribution in [0.1, 0.15) is 39.5 Å². The van der Waals surface area contributed by atoms with Crippen LogP contribution < -0.4 is 0 Å². The summed E-state index contributed by atoms with van der Waals surface area (Å²) in [6.07, 6.45) is 3.34. The molecule has 2 saturated carbocycles. The summed E-state index contributed by atoms with van der Waals surface area (Å²) in [4.78, 5) is 24.1. The molecule has 0 heterocycles. The van der Waals surface area contributed by atoms with E-state index in [4.69, 9.17) is 9.47 Å². The van der Waals surface area contributed by atoms with Crippen molar-refractivity contribution >= 4 is 11.9 Å². The molecular formula is C14H22O5. The Kier molecular flexibility index (Phi) is 4.13. The second-order valence-electron chi connectivity index (χ2n) is 5.51. The molecule has 0 spiro atoms. The van der Waals surface area contributed by atoms with E-state index in [-0.39, 0.29) is 19.1 Å². The van der Waals surface area contributed by atoms with Crippen LogP contribution in [0.15, 0.2) is 0 Å². The summed E-state index contributed by atoms with van der Waals surface area (Å²) in [6, 6.07) is 0. The number of aliphatic hydroxyl groups is 1. The topological polar surface area (TPSA) is 72.8 Å². The molecular weight excluding hydrogens is 248 g/mol. The van der Waals surface area contributed by atoms with Crippen LogP contribution in [-0.2, 0) is 19.1 Å². The van der Waals surface area contributed by atoms with Gasteiger partial charge in [-0.2, -0.15) is 0 Å². The Labute approximate surface area is 113 Å². The fourth-order valence-corrected chi connectivity index (χ4v) is 3.65. The molecule has 2 rings (SSSR count). The highest BCUT2D eigenvalue weighted by Gasteiger charge is 2.59. The predicted molar refractivity (Wildman–Crippen MR) is 67.2 cm³/mol. The van der Waals surface area contributed by atoms with Crippen molar-refractivity contribution in [1.29, 1.82) is 0 Å². The van der Waals surface area contributed by atoms with Gasteiger partial charge < -0.3 is 14.6 Å². The number of ether oxygens (including phenoxy) is 2. The Balaban J connectivity index is 2.21. The number of hydrogen-bond donors (Lipinski definition) is 1. The molecule has 0 aromatic rings. The van der Waals surface area contributed by atoms with Gasteiger partial charge in [-0.3, -0.25) is 9.59 Å². The van der Waals surface area contributed by atoms with Gasteiger partial charge in [-0.15, -0.1) is 0 Å². The summed E-state index contributed by atoms with van der Waals surface area (Å²) >= 11 is 0. The number of carbonyl (C=O) groups is 2. The maximum atomic E-state index is 12.0. The van der Waals surface area contributed by atoms with E-state index >= 15 is 0 Å². The zero-order chi connectivity index (χ0) is 14.0. The first-order valence-corrected chi connectivity index (χ1v) is 7.08. The Morgan fingerprint density at radius 3 is 2.16 bits per heavy atom. The van der Waals surface area contributed by atoms with Gasteiger partial charge in [0.1, 0.15) is 0 Å². The fraction of sp³-hybridized carbons (Fsp3) is 0.857. The summed E-state index contributed by atoms with van der Waals surface area (Å²) in [5.41, 5.74) is -1.28. The number of fused-ring (bicyclic) bond motifs is 2. The third kappa shape index (κ3) is 2.48. The van der Waals surface area contributed by atoms with E-state index in [1.807, 2.05) is 0 Å². The van der Waals surface area contributed by atoms with Gasteiger partial charge in [-0.05, 0) is 51.4 Å². The average molecular weight is 270 g/mol. The molecule has 0 amide bonds. The molecule has 19 heavy (non-hydrogen) atoms. The van der Waals surface area contributed by atoms with Gasteiger partial charge in [0.2, 0.25) is 0 Å². The Morgan fingerprint density at radius 1 is 1.21 bits per heavy atom. The second kappa shape index (κ2) is 5.49. The molecule has 2 aliphatic carbocycles. The lowest BCUT2D eigenvalue weighted by atomic mass is 9.74. The van der Waals surface area contributed by atoms with Crippen molar-refractivity contribution in [3.05, 3.63) is 0 Å². The van der Waals surface area contributed by atoms with Gasteiger partial charge in [0.15, 0.2) is 5.92 Å². The molecule has 2 bridgehead atoms. The molecule has 3 unspecified atom stereocenters. The van der Waals surface area contributed by atoms with Crippen molar-refractivity contribution < 1.29 is 24.2 Å². The summed E-state index contributed by atoms with van der Waals surface area (Å²) < 4.78 is 9.91. The highest BCUT2D eigenvalue weighted by molar-refractivity contribution is 5.96. The van der Waals surface area contributed by atoms with E-state index in [1.165, 1.54) is 0 Å². The summed E-state index contributed by atoms with van der Waals surface area (Å²) in [7, 11) is 0. The maximum Gasteiger partial charge on any atom is 0.323 e. The van der Waals surface area contributed by atoms with Gasteiger partial charge in [0, 0.05) is 0 Å². The zero-order valence-corrected chi connectivity index (χ0v) is 11.6. The van der Waals surface area contributed by atoms with Crippen LogP contribution in [-0.4, -0.2) is 35.9 Å². The Hall–Kier alpha value is -1.10. The first-order valence-electron chi connectivity index (χ1n) is 7.08. The van der Waals surface area contributed by atoms with Crippen molar-refractivity contribution in [3.8, 4) is 0 Å². The predicted octanol–water partition coefficient (Wildman–Crippen LogP) is 1.28. The molecule has 5 heteroatoms. The lowest BCUT2D eigenvalue weighted by Crippen LogP contribution is -2.51. The molecule has 0 aromatic carbocycles. The van der Waals surface area contributed by atoms with Gasteiger partial charge in [0.05, 0.1) is 18.8 Å². The minimum absolute atomic E-state index is 0.0105. The first kappa shape index (κ1) is 14.3. The van der Waals surface area contributed by atoms with E-state index in [9.17, 15) is 14.7 Å². The maximum absolute atomic E-state index is 12.0. The standard InChI is InChI=1S/C14H22O5/c1-3-18-12(15)11(13(16)19-4-2)14(17)8-9-5-6-10(14)7-9/h9-11,17H,3-8H2,1-2H3. The molecule has 2 fully saturated rings. The highest BCUT2D eigenvalue weighted by atomic mass is 16.6. The number of rotatable bonds is 5. The van der Waals surface area contributed by atoms with Gasteiger partial charge in [-0.1, -0.05) is 0 Å². The summed E-state index contributed by atoms with van der Waals surface area (Å²) in [5.74, 6) is -2.08.